The molecule has 0 fully saturated rings. The van der Waals surface area contributed by atoms with E-state index in [4.69, 9.17) is 10.00 Å². The molecule has 2 rings (SSSR count). The number of hydrogen-bond donors (Lipinski definition) is 1. The minimum Gasteiger partial charge on any atom is -0.488 e. The first-order chi connectivity index (χ1) is 10.0. The van der Waals surface area contributed by atoms with E-state index in [1.54, 1.807) is 13.0 Å². The third-order valence-electron chi connectivity index (χ3n) is 3.19. The fraction of sp³-hybridized carbons (Fsp3) is 0.235. The molecule has 0 heterocycles. The number of halogens is 1. The van der Waals surface area contributed by atoms with Gasteiger partial charge < -0.3 is 9.84 Å². The van der Waals surface area contributed by atoms with Crippen LogP contribution in [0.5, 0.6) is 5.75 Å². The van der Waals surface area contributed by atoms with Crippen molar-refractivity contribution in [1.82, 2.24) is 0 Å². The Morgan fingerprint density at radius 3 is 2.71 bits per heavy atom. The Balaban J connectivity index is 2.26. The maximum absolute atomic E-state index is 13.3. The summed E-state index contributed by atoms with van der Waals surface area (Å²) in [7, 11) is 0. The van der Waals surface area contributed by atoms with E-state index in [2.05, 4.69) is 0 Å². The summed E-state index contributed by atoms with van der Waals surface area (Å²) < 4.78 is 19.0. The summed E-state index contributed by atoms with van der Waals surface area (Å²) in [6.07, 6.45) is -0.663. The molecule has 0 saturated carbocycles. The number of rotatable bonds is 4. The van der Waals surface area contributed by atoms with Crippen LogP contribution in [0.15, 0.2) is 36.4 Å². The van der Waals surface area contributed by atoms with Crippen LogP contribution in [0.3, 0.4) is 0 Å². The molecule has 2 aromatic carbocycles. The number of nitrogens with zero attached hydrogens (tertiary/aromatic N) is 1. The molecule has 3 nitrogen and oxygen atoms in total. The summed E-state index contributed by atoms with van der Waals surface area (Å²) in [5.41, 5.74) is 2.52. The molecule has 0 aromatic heterocycles. The zero-order valence-electron chi connectivity index (χ0n) is 11.9. The van der Waals surface area contributed by atoms with E-state index in [9.17, 15) is 9.50 Å². The highest BCUT2D eigenvalue weighted by Gasteiger charge is 2.11. The molecule has 1 atom stereocenters. The maximum Gasteiger partial charge on any atom is 0.125 e. The lowest BCUT2D eigenvalue weighted by Crippen LogP contribution is -2.03. The first-order valence-corrected chi connectivity index (χ1v) is 6.61. The van der Waals surface area contributed by atoms with Crippen LogP contribution >= 0.6 is 0 Å². The van der Waals surface area contributed by atoms with Crippen molar-refractivity contribution < 1.29 is 14.2 Å². The normalized spacial score (nSPS) is 11.8. The van der Waals surface area contributed by atoms with Crippen molar-refractivity contribution in [2.45, 2.75) is 26.6 Å². The summed E-state index contributed by atoms with van der Waals surface area (Å²) in [6, 6.07) is 11.5. The zero-order valence-corrected chi connectivity index (χ0v) is 11.9. The van der Waals surface area contributed by atoms with Gasteiger partial charge in [0.15, 0.2) is 0 Å². The third-order valence-corrected chi connectivity index (χ3v) is 3.19. The van der Waals surface area contributed by atoms with Crippen molar-refractivity contribution in [3.63, 3.8) is 0 Å². The highest BCUT2D eigenvalue weighted by molar-refractivity contribution is 5.40. The van der Waals surface area contributed by atoms with Gasteiger partial charge >= 0.3 is 0 Å². The molecule has 0 saturated heterocycles. The molecule has 0 amide bonds. The standard InChI is InChI=1S/C17H16FNO2/c1-11-3-6-16(12(2)20)17(7-11)21-10-14-8-15(18)5-4-13(14)9-19/h3-8,12,20H,10H2,1-2H3. The van der Waals surface area contributed by atoms with Crippen LogP contribution in [0.25, 0.3) is 0 Å². The highest BCUT2D eigenvalue weighted by Crippen LogP contribution is 2.27. The summed E-state index contributed by atoms with van der Waals surface area (Å²) in [5.74, 6) is 0.130. The molecule has 21 heavy (non-hydrogen) atoms. The molecular formula is C17H16FNO2. The molecule has 2 aromatic rings. The van der Waals surface area contributed by atoms with Gasteiger partial charge in [0.05, 0.1) is 17.7 Å². The second kappa shape index (κ2) is 6.38. The van der Waals surface area contributed by atoms with Crippen LogP contribution in [-0.4, -0.2) is 5.11 Å². The number of benzene rings is 2. The third kappa shape index (κ3) is 3.59. The second-order valence-electron chi connectivity index (χ2n) is 4.92. The van der Waals surface area contributed by atoms with Gasteiger partial charge in [0, 0.05) is 11.1 Å². The average Bonchev–Trinajstić information content (AvgIpc) is 2.45. The van der Waals surface area contributed by atoms with E-state index in [0.717, 1.165) is 5.56 Å². The van der Waals surface area contributed by atoms with Crippen LogP contribution in [0, 0.1) is 24.1 Å². The molecule has 1 unspecified atom stereocenters. The molecule has 0 radical (unpaired) electrons. The molecular weight excluding hydrogens is 269 g/mol. The molecule has 0 aliphatic heterocycles. The smallest absolute Gasteiger partial charge is 0.125 e. The Hall–Kier alpha value is -2.38. The predicted octanol–water partition coefficient (Wildman–Crippen LogP) is 3.64. The maximum atomic E-state index is 13.3. The quantitative estimate of drug-likeness (QED) is 0.933. The van der Waals surface area contributed by atoms with Gasteiger partial charge in [-0.15, -0.1) is 0 Å². The summed E-state index contributed by atoms with van der Waals surface area (Å²) >= 11 is 0. The van der Waals surface area contributed by atoms with Gasteiger partial charge in [-0.3, -0.25) is 0 Å². The summed E-state index contributed by atoms with van der Waals surface area (Å²) in [4.78, 5) is 0. The Morgan fingerprint density at radius 1 is 1.29 bits per heavy atom. The van der Waals surface area contributed by atoms with Crippen molar-refractivity contribution in [2.24, 2.45) is 0 Å². The van der Waals surface area contributed by atoms with E-state index in [0.29, 0.717) is 22.4 Å². The zero-order chi connectivity index (χ0) is 15.4. The predicted molar refractivity (Wildman–Crippen MR) is 77.3 cm³/mol. The number of aliphatic hydroxyl groups is 1. The number of nitriles is 1. The average molecular weight is 285 g/mol. The molecule has 0 bridgehead atoms. The van der Waals surface area contributed by atoms with E-state index < -0.39 is 11.9 Å². The van der Waals surface area contributed by atoms with Crippen molar-refractivity contribution in [2.75, 3.05) is 0 Å². The minimum atomic E-state index is -0.663. The van der Waals surface area contributed by atoms with Gasteiger partial charge in [-0.05, 0) is 43.7 Å². The van der Waals surface area contributed by atoms with Crippen LogP contribution < -0.4 is 4.74 Å². The van der Waals surface area contributed by atoms with Gasteiger partial charge in [0.1, 0.15) is 18.2 Å². The van der Waals surface area contributed by atoms with Crippen LogP contribution in [0.4, 0.5) is 4.39 Å². The van der Waals surface area contributed by atoms with Crippen molar-refractivity contribution in [1.29, 1.82) is 5.26 Å². The monoisotopic (exact) mass is 285 g/mol. The fourth-order valence-electron chi connectivity index (χ4n) is 2.06. The van der Waals surface area contributed by atoms with Gasteiger partial charge in [0.25, 0.3) is 0 Å². The van der Waals surface area contributed by atoms with Gasteiger partial charge in [-0.1, -0.05) is 12.1 Å². The highest BCUT2D eigenvalue weighted by atomic mass is 19.1. The SMILES string of the molecule is Cc1ccc(C(C)O)c(OCc2cc(F)ccc2C#N)c1. The number of hydrogen-bond acceptors (Lipinski definition) is 3. The van der Waals surface area contributed by atoms with Gasteiger partial charge in [-0.2, -0.15) is 5.26 Å². The molecule has 1 N–H and O–H groups in total. The Labute approximate surface area is 123 Å². The second-order valence-corrected chi connectivity index (χ2v) is 4.92. The van der Waals surface area contributed by atoms with Crippen molar-refractivity contribution in [3.8, 4) is 11.8 Å². The van der Waals surface area contributed by atoms with E-state index in [1.807, 2.05) is 25.1 Å². The summed E-state index contributed by atoms with van der Waals surface area (Å²) in [5, 5.41) is 18.8. The summed E-state index contributed by atoms with van der Waals surface area (Å²) in [6.45, 7) is 3.64. The Kier molecular flexibility index (Phi) is 4.56. The van der Waals surface area contributed by atoms with Crippen LogP contribution in [0.2, 0.25) is 0 Å². The Morgan fingerprint density at radius 2 is 2.05 bits per heavy atom. The van der Waals surface area contributed by atoms with Crippen LogP contribution in [-0.2, 0) is 6.61 Å². The number of ether oxygens (including phenoxy) is 1. The van der Waals surface area contributed by atoms with Crippen molar-refractivity contribution >= 4 is 0 Å². The van der Waals surface area contributed by atoms with E-state index in [1.165, 1.54) is 18.2 Å². The lowest BCUT2D eigenvalue weighted by molar-refractivity contribution is 0.190. The molecule has 0 aliphatic rings. The first kappa shape index (κ1) is 15.0. The minimum absolute atomic E-state index is 0.0732. The first-order valence-electron chi connectivity index (χ1n) is 6.61. The topological polar surface area (TPSA) is 53.2 Å². The molecule has 0 spiro atoms. The number of aryl methyl sites for hydroxylation is 1. The number of aliphatic hydroxyl groups excluding tert-OH is 1. The van der Waals surface area contributed by atoms with Crippen LogP contribution in [0.1, 0.15) is 35.3 Å². The fourth-order valence-corrected chi connectivity index (χ4v) is 2.06. The molecule has 108 valence electrons. The van der Waals surface area contributed by atoms with E-state index >= 15 is 0 Å². The largest absolute Gasteiger partial charge is 0.488 e. The molecule has 4 heteroatoms. The van der Waals surface area contributed by atoms with E-state index in [-0.39, 0.29) is 6.61 Å². The molecule has 0 aliphatic carbocycles. The Bertz CT molecular complexity index is 690. The lowest BCUT2D eigenvalue weighted by atomic mass is 10.1. The van der Waals surface area contributed by atoms with Crippen molar-refractivity contribution in [3.05, 3.63) is 64.5 Å². The van der Waals surface area contributed by atoms with Gasteiger partial charge in [-0.25, -0.2) is 4.39 Å². The lowest BCUT2D eigenvalue weighted by Gasteiger charge is -2.15. The van der Waals surface area contributed by atoms with Gasteiger partial charge in [0.2, 0.25) is 0 Å².